The Hall–Kier alpha value is 0.270. The van der Waals surface area contributed by atoms with Crippen molar-refractivity contribution < 1.29 is 5.11 Å². The van der Waals surface area contributed by atoms with Crippen LogP contribution < -0.4 is 5.32 Å². The van der Waals surface area contributed by atoms with Crippen molar-refractivity contribution in [3.05, 3.63) is 0 Å². The van der Waals surface area contributed by atoms with Crippen LogP contribution in [0.3, 0.4) is 0 Å². The van der Waals surface area contributed by atoms with E-state index >= 15 is 0 Å². The molecule has 0 saturated carbocycles. The number of nitrogens with one attached hydrogen (secondary N) is 1. The Morgan fingerprint density at radius 2 is 2.00 bits per heavy atom. The Bertz CT molecular complexity index is 134. The van der Waals surface area contributed by atoms with Gasteiger partial charge >= 0.3 is 0 Å². The third-order valence-corrected chi connectivity index (χ3v) is 3.22. The monoisotopic (exact) mass is 219 g/mol. The minimum Gasteiger partial charge on any atom is -0.396 e. The fraction of sp³-hybridized carbons (Fsp3) is 1.00. The number of thioether (sulfide) groups is 1. The van der Waals surface area contributed by atoms with Crippen molar-refractivity contribution in [2.24, 2.45) is 5.92 Å². The number of hydrogen-bond donors (Lipinski definition) is 2. The maximum atomic E-state index is 8.82. The van der Waals surface area contributed by atoms with Crippen LogP contribution in [0.2, 0.25) is 0 Å². The molecule has 0 aliphatic rings. The Morgan fingerprint density at radius 3 is 2.50 bits per heavy atom. The number of aliphatic hydroxyl groups is 1. The van der Waals surface area contributed by atoms with E-state index in [-0.39, 0.29) is 5.54 Å². The average molecular weight is 219 g/mol. The lowest BCUT2D eigenvalue weighted by atomic mass is 10.1. The molecule has 0 amide bonds. The van der Waals surface area contributed by atoms with Crippen molar-refractivity contribution >= 4 is 11.8 Å². The summed E-state index contributed by atoms with van der Waals surface area (Å²) in [4.78, 5) is 0. The first-order valence-corrected chi connectivity index (χ1v) is 6.55. The lowest BCUT2D eigenvalue weighted by Crippen LogP contribution is -2.36. The molecule has 14 heavy (non-hydrogen) atoms. The molecule has 0 rings (SSSR count). The highest BCUT2D eigenvalue weighted by Gasteiger charge is 2.07. The van der Waals surface area contributed by atoms with E-state index in [1.165, 1.54) is 12.2 Å². The van der Waals surface area contributed by atoms with E-state index in [1.807, 2.05) is 11.8 Å². The van der Waals surface area contributed by atoms with Gasteiger partial charge in [-0.15, -0.1) is 0 Å². The Balaban J connectivity index is 3.14. The summed E-state index contributed by atoms with van der Waals surface area (Å²) in [6.45, 7) is 10.0. The second kappa shape index (κ2) is 7.55. The normalized spacial score (nSPS) is 14.4. The Kier molecular flexibility index (Phi) is 7.69. The summed E-state index contributed by atoms with van der Waals surface area (Å²) in [6, 6.07) is 0. The van der Waals surface area contributed by atoms with Crippen molar-refractivity contribution in [1.82, 2.24) is 5.32 Å². The van der Waals surface area contributed by atoms with Crippen molar-refractivity contribution in [3.8, 4) is 0 Å². The highest BCUT2D eigenvalue weighted by Crippen LogP contribution is 2.08. The SMILES string of the molecule is CC(CO)CSCCCNC(C)(C)C. The summed E-state index contributed by atoms with van der Waals surface area (Å²) in [6.07, 6.45) is 1.21. The fourth-order valence-electron chi connectivity index (χ4n) is 0.975. The lowest BCUT2D eigenvalue weighted by Gasteiger charge is -2.20. The summed E-state index contributed by atoms with van der Waals surface area (Å²) >= 11 is 1.94. The van der Waals surface area contributed by atoms with E-state index in [2.05, 4.69) is 33.0 Å². The van der Waals surface area contributed by atoms with E-state index in [0.29, 0.717) is 12.5 Å². The summed E-state index contributed by atoms with van der Waals surface area (Å²) in [5, 5.41) is 12.3. The first-order chi connectivity index (χ1) is 6.45. The summed E-state index contributed by atoms with van der Waals surface area (Å²) in [7, 11) is 0. The van der Waals surface area contributed by atoms with Gasteiger partial charge in [-0.2, -0.15) is 11.8 Å². The van der Waals surface area contributed by atoms with Gasteiger partial charge < -0.3 is 10.4 Å². The molecular weight excluding hydrogens is 194 g/mol. The molecule has 1 unspecified atom stereocenters. The topological polar surface area (TPSA) is 32.3 Å². The summed E-state index contributed by atoms with van der Waals surface area (Å²) in [5.74, 6) is 2.70. The Labute approximate surface area is 92.9 Å². The number of hydrogen-bond acceptors (Lipinski definition) is 3. The van der Waals surface area contributed by atoms with E-state index in [9.17, 15) is 0 Å². The van der Waals surface area contributed by atoms with Crippen LogP contribution in [0, 0.1) is 5.92 Å². The van der Waals surface area contributed by atoms with Crippen molar-refractivity contribution in [1.29, 1.82) is 0 Å². The lowest BCUT2D eigenvalue weighted by molar-refractivity contribution is 0.250. The van der Waals surface area contributed by atoms with Crippen molar-refractivity contribution in [3.63, 3.8) is 0 Å². The van der Waals surface area contributed by atoms with E-state index in [0.717, 1.165) is 12.3 Å². The van der Waals surface area contributed by atoms with E-state index < -0.39 is 0 Å². The smallest absolute Gasteiger partial charge is 0.0464 e. The molecule has 0 heterocycles. The summed E-state index contributed by atoms with van der Waals surface area (Å²) < 4.78 is 0. The quantitative estimate of drug-likeness (QED) is 0.643. The van der Waals surface area contributed by atoms with Gasteiger partial charge in [0.05, 0.1) is 0 Å². The predicted molar refractivity (Wildman–Crippen MR) is 65.9 cm³/mol. The third-order valence-electron chi connectivity index (χ3n) is 1.83. The van der Waals surface area contributed by atoms with Crippen molar-refractivity contribution in [2.45, 2.75) is 39.7 Å². The molecule has 0 radical (unpaired) electrons. The maximum absolute atomic E-state index is 8.82. The maximum Gasteiger partial charge on any atom is 0.0464 e. The molecular formula is C11H25NOS. The van der Waals surface area contributed by atoms with Gasteiger partial charge in [-0.1, -0.05) is 6.92 Å². The molecule has 0 aromatic rings. The molecule has 2 N–H and O–H groups in total. The third kappa shape index (κ3) is 10.4. The molecule has 0 aromatic heterocycles. The zero-order chi connectivity index (χ0) is 11.0. The molecule has 2 nitrogen and oxygen atoms in total. The molecule has 0 spiro atoms. The van der Waals surface area contributed by atoms with Gasteiger partial charge in [0, 0.05) is 12.1 Å². The first-order valence-electron chi connectivity index (χ1n) is 5.39. The van der Waals surface area contributed by atoms with Gasteiger partial charge in [-0.3, -0.25) is 0 Å². The molecule has 1 atom stereocenters. The molecule has 0 aromatic carbocycles. The van der Waals surface area contributed by atoms with Crippen LogP contribution in [-0.4, -0.2) is 35.3 Å². The van der Waals surface area contributed by atoms with Crippen LogP contribution in [0.4, 0.5) is 0 Å². The van der Waals surface area contributed by atoms with Crippen LogP contribution in [0.5, 0.6) is 0 Å². The van der Waals surface area contributed by atoms with Gasteiger partial charge in [0.25, 0.3) is 0 Å². The average Bonchev–Trinajstić information content (AvgIpc) is 2.08. The molecule has 0 fully saturated rings. The fourth-order valence-corrected chi connectivity index (χ4v) is 2.00. The minimum absolute atomic E-state index is 0.239. The number of aliphatic hydroxyl groups excluding tert-OH is 1. The zero-order valence-corrected chi connectivity index (χ0v) is 10.8. The van der Waals surface area contributed by atoms with Crippen LogP contribution in [0.1, 0.15) is 34.1 Å². The molecule has 0 saturated heterocycles. The summed E-state index contributed by atoms with van der Waals surface area (Å²) in [5.41, 5.74) is 0.239. The number of rotatable bonds is 7. The zero-order valence-electron chi connectivity index (χ0n) is 9.97. The molecule has 0 bridgehead atoms. The second-order valence-electron chi connectivity index (χ2n) is 4.89. The molecule has 0 aliphatic heterocycles. The largest absolute Gasteiger partial charge is 0.396 e. The van der Waals surface area contributed by atoms with E-state index in [1.54, 1.807) is 0 Å². The van der Waals surface area contributed by atoms with Crippen LogP contribution in [0.15, 0.2) is 0 Å². The molecule has 86 valence electrons. The van der Waals surface area contributed by atoms with Gasteiger partial charge in [0.1, 0.15) is 0 Å². The highest BCUT2D eigenvalue weighted by atomic mass is 32.2. The Morgan fingerprint density at radius 1 is 1.36 bits per heavy atom. The standard InChI is InChI=1S/C11H25NOS/c1-10(8-13)9-14-7-5-6-12-11(2,3)4/h10,12-13H,5-9H2,1-4H3. The van der Waals surface area contributed by atoms with Crippen LogP contribution >= 0.6 is 11.8 Å². The van der Waals surface area contributed by atoms with Gasteiger partial charge in [0.15, 0.2) is 0 Å². The molecule has 0 aliphatic carbocycles. The van der Waals surface area contributed by atoms with E-state index in [4.69, 9.17) is 5.11 Å². The second-order valence-corrected chi connectivity index (χ2v) is 6.04. The van der Waals surface area contributed by atoms with Crippen LogP contribution in [-0.2, 0) is 0 Å². The van der Waals surface area contributed by atoms with Gasteiger partial charge in [-0.05, 0) is 51.2 Å². The minimum atomic E-state index is 0.239. The first kappa shape index (κ1) is 14.3. The van der Waals surface area contributed by atoms with Crippen molar-refractivity contribution in [2.75, 3.05) is 24.7 Å². The van der Waals surface area contributed by atoms with Gasteiger partial charge in [-0.25, -0.2) is 0 Å². The molecule has 3 heteroatoms. The van der Waals surface area contributed by atoms with Gasteiger partial charge in [0.2, 0.25) is 0 Å². The van der Waals surface area contributed by atoms with Crippen LogP contribution in [0.25, 0.3) is 0 Å². The predicted octanol–water partition coefficient (Wildman–Crippen LogP) is 2.13. The highest BCUT2D eigenvalue weighted by molar-refractivity contribution is 7.99.